The van der Waals surface area contributed by atoms with Crippen molar-refractivity contribution in [2.45, 2.75) is 24.3 Å². The summed E-state index contributed by atoms with van der Waals surface area (Å²) in [6, 6.07) is 15.3. The summed E-state index contributed by atoms with van der Waals surface area (Å²) >= 11 is 0. The molecular weight excluding hydrogens is 270 g/mol. The van der Waals surface area contributed by atoms with Crippen LogP contribution >= 0.6 is 0 Å². The Morgan fingerprint density at radius 2 is 1.70 bits per heavy atom. The first kappa shape index (κ1) is 13.3. The van der Waals surface area contributed by atoms with Crippen LogP contribution in [0.5, 0.6) is 0 Å². The number of benzene rings is 2. The molecule has 2 aromatic carbocycles. The maximum atomic E-state index is 12.6. The Kier molecular flexibility index (Phi) is 2.78. The Hall–Kier alpha value is -1.65. The van der Waals surface area contributed by atoms with Crippen molar-refractivity contribution >= 4 is 10.0 Å². The van der Waals surface area contributed by atoms with Crippen molar-refractivity contribution in [1.82, 2.24) is 4.31 Å². The van der Waals surface area contributed by atoms with E-state index in [0.717, 1.165) is 16.7 Å². The topological polar surface area (TPSA) is 37.4 Å². The number of nitrogens with zero attached hydrogens (tertiary/aromatic N) is 1. The lowest BCUT2D eigenvalue weighted by Gasteiger charge is -2.32. The van der Waals surface area contributed by atoms with Crippen molar-refractivity contribution in [2.24, 2.45) is 0 Å². The highest BCUT2D eigenvalue weighted by molar-refractivity contribution is 7.89. The number of fused-ring (bicyclic) bond motifs is 1. The third kappa shape index (κ3) is 1.58. The average molecular weight is 287 g/mol. The zero-order valence-corrected chi connectivity index (χ0v) is 12.6. The van der Waals surface area contributed by atoms with Crippen molar-refractivity contribution in [1.29, 1.82) is 0 Å². The van der Waals surface area contributed by atoms with E-state index >= 15 is 0 Å². The molecule has 0 spiro atoms. The molecule has 1 aliphatic heterocycles. The molecule has 0 aliphatic carbocycles. The fraction of sp³-hybridized carbons (Fsp3) is 0.250. The Morgan fingerprint density at radius 1 is 1.05 bits per heavy atom. The van der Waals surface area contributed by atoms with Crippen molar-refractivity contribution in [3.8, 4) is 0 Å². The quantitative estimate of drug-likeness (QED) is 0.809. The van der Waals surface area contributed by atoms with Gasteiger partial charge in [-0.3, -0.25) is 0 Å². The van der Waals surface area contributed by atoms with Crippen LogP contribution < -0.4 is 0 Å². The molecule has 1 aliphatic rings. The van der Waals surface area contributed by atoms with Gasteiger partial charge in [-0.25, -0.2) is 8.42 Å². The van der Waals surface area contributed by atoms with Gasteiger partial charge in [-0.1, -0.05) is 48.0 Å². The molecule has 3 nitrogen and oxygen atoms in total. The lowest BCUT2D eigenvalue weighted by molar-refractivity contribution is 0.315. The fourth-order valence-electron chi connectivity index (χ4n) is 2.91. The van der Waals surface area contributed by atoms with E-state index in [1.807, 2.05) is 56.3 Å². The van der Waals surface area contributed by atoms with Crippen LogP contribution in [-0.4, -0.2) is 19.8 Å². The van der Waals surface area contributed by atoms with Gasteiger partial charge in [-0.2, -0.15) is 4.31 Å². The van der Waals surface area contributed by atoms with E-state index in [4.69, 9.17) is 0 Å². The summed E-state index contributed by atoms with van der Waals surface area (Å²) in [5.41, 5.74) is 2.25. The standard InChI is InChI=1S/C16H17NO2S/c1-12-9-10-15-14(11-12)16(2,17(3)20(15,18)19)13-7-5-4-6-8-13/h4-11H,1-3H3. The van der Waals surface area contributed by atoms with Crippen molar-refractivity contribution in [3.63, 3.8) is 0 Å². The summed E-state index contributed by atoms with van der Waals surface area (Å²) in [5.74, 6) is 0. The third-order valence-electron chi connectivity index (χ3n) is 4.26. The maximum Gasteiger partial charge on any atom is 0.244 e. The van der Waals surface area contributed by atoms with Crippen LogP contribution in [0.1, 0.15) is 23.6 Å². The Balaban J connectivity index is 2.37. The maximum absolute atomic E-state index is 12.6. The summed E-state index contributed by atoms with van der Waals surface area (Å²) in [6.45, 7) is 3.95. The number of hydrogen-bond donors (Lipinski definition) is 0. The number of rotatable bonds is 1. The second kappa shape index (κ2) is 4.17. The minimum atomic E-state index is -3.42. The molecule has 0 radical (unpaired) electrons. The monoisotopic (exact) mass is 287 g/mol. The molecule has 1 unspecified atom stereocenters. The zero-order chi connectivity index (χ0) is 14.5. The second-order valence-corrected chi connectivity index (χ2v) is 7.35. The minimum absolute atomic E-state index is 0.414. The largest absolute Gasteiger partial charge is 0.244 e. The third-order valence-corrected chi connectivity index (χ3v) is 6.26. The summed E-state index contributed by atoms with van der Waals surface area (Å²) in [6.07, 6.45) is 0. The lowest BCUT2D eigenvalue weighted by atomic mass is 9.84. The molecule has 3 rings (SSSR count). The molecule has 0 amide bonds. The molecule has 0 N–H and O–H groups in total. The number of hydrogen-bond acceptors (Lipinski definition) is 2. The van der Waals surface area contributed by atoms with Crippen LogP contribution in [0.3, 0.4) is 0 Å². The van der Waals surface area contributed by atoms with Gasteiger partial charge in [0.2, 0.25) is 10.0 Å². The minimum Gasteiger partial charge on any atom is -0.207 e. The summed E-state index contributed by atoms with van der Waals surface area (Å²) in [4.78, 5) is 0.414. The van der Waals surface area contributed by atoms with E-state index in [1.165, 1.54) is 4.31 Å². The molecule has 0 bridgehead atoms. The SMILES string of the molecule is Cc1ccc2c(c1)C(C)(c1ccccc1)N(C)S2(=O)=O. The van der Waals surface area contributed by atoms with Gasteiger partial charge in [0.25, 0.3) is 0 Å². The van der Waals surface area contributed by atoms with Gasteiger partial charge in [0.1, 0.15) is 0 Å². The van der Waals surface area contributed by atoms with Crippen LogP contribution in [-0.2, 0) is 15.6 Å². The van der Waals surface area contributed by atoms with Gasteiger partial charge in [0.15, 0.2) is 0 Å². The van der Waals surface area contributed by atoms with Crippen LogP contribution in [0, 0.1) is 6.92 Å². The molecule has 0 fully saturated rings. The van der Waals surface area contributed by atoms with E-state index in [-0.39, 0.29) is 0 Å². The normalized spacial score (nSPS) is 24.6. The molecule has 0 saturated heterocycles. The van der Waals surface area contributed by atoms with Gasteiger partial charge in [0, 0.05) is 7.05 Å². The molecular formula is C16H17NO2S. The van der Waals surface area contributed by atoms with E-state index in [9.17, 15) is 8.42 Å². The van der Waals surface area contributed by atoms with Crippen molar-refractivity contribution in [2.75, 3.05) is 7.05 Å². The lowest BCUT2D eigenvalue weighted by Crippen LogP contribution is -2.39. The molecule has 20 heavy (non-hydrogen) atoms. The van der Waals surface area contributed by atoms with Gasteiger partial charge in [-0.05, 0) is 31.0 Å². The average Bonchev–Trinajstić information content (AvgIpc) is 2.59. The number of sulfonamides is 1. The fourth-order valence-corrected chi connectivity index (χ4v) is 4.66. The van der Waals surface area contributed by atoms with E-state index in [1.54, 1.807) is 13.1 Å². The molecule has 4 heteroatoms. The molecule has 1 atom stereocenters. The van der Waals surface area contributed by atoms with Crippen molar-refractivity contribution in [3.05, 3.63) is 65.2 Å². The molecule has 2 aromatic rings. The second-order valence-electron chi connectivity index (χ2n) is 5.41. The van der Waals surface area contributed by atoms with Gasteiger partial charge in [0.05, 0.1) is 10.4 Å². The summed E-state index contributed by atoms with van der Waals surface area (Å²) < 4.78 is 26.7. The highest BCUT2D eigenvalue weighted by atomic mass is 32.2. The Bertz CT molecular complexity index is 768. The molecule has 0 aromatic heterocycles. The predicted molar refractivity (Wildman–Crippen MR) is 79.0 cm³/mol. The van der Waals surface area contributed by atoms with Gasteiger partial charge >= 0.3 is 0 Å². The first-order valence-corrected chi connectivity index (χ1v) is 7.98. The highest BCUT2D eigenvalue weighted by Crippen LogP contribution is 2.47. The van der Waals surface area contributed by atoms with E-state index in [0.29, 0.717) is 4.90 Å². The first-order valence-electron chi connectivity index (χ1n) is 6.54. The molecule has 0 saturated carbocycles. The number of aryl methyl sites for hydroxylation is 1. The smallest absolute Gasteiger partial charge is 0.207 e. The summed E-state index contributed by atoms with van der Waals surface area (Å²) in [7, 11) is -1.77. The van der Waals surface area contributed by atoms with Gasteiger partial charge < -0.3 is 0 Å². The van der Waals surface area contributed by atoms with E-state index in [2.05, 4.69) is 0 Å². The predicted octanol–water partition coefficient (Wildman–Crippen LogP) is 2.89. The molecule has 104 valence electrons. The first-order chi connectivity index (χ1) is 9.38. The highest BCUT2D eigenvalue weighted by Gasteiger charge is 2.49. The zero-order valence-electron chi connectivity index (χ0n) is 11.8. The van der Waals surface area contributed by atoms with Gasteiger partial charge in [-0.15, -0.1) is 0 Å². The van der Waals surface area contributed by atoms with Crippen LogP contribution in [0.4, 0.5) is 0 Å². The van der Waals surface area contributed by atoms with Crippen LogP contribution in [0.2, 0.25) is 0 Å². The van der Waals surface area contributed by atoms with E-state index < -0.39 is 15.6 Å². The summed E-state index contributed by atoms with van der Waals surface area (Å²) in [5, 5.41) is 0. The Morgan fingerprint density at radius 3 is 2.35 bits per heavy atom. The van der Waals surface area contributed by atoms with Crippen molar-refractivity contribution < 1.29 is 8.42 Å². The molecule has 1 heterocycles. The van der Waals surface area contributed by atoms with Crippen LogP contribution in [0.25, 0.3) is 0 Å². The Labute approximate surface area is 119 Å². The van der Waals surface area contributed by atoms with Crippen LogP contribution in [0.15, 0.2) is 53.4 Å².